The molecule has 0 aliphatic carbocycles. The number of nitrogens with one attached hydrogen (secondary N) is 1. The van der Waals surface area contributed by atoms with Gasteiger partial charge in [0.2, 0.25) is 0 Å². The molecule has 0 saturated heterocycles. The topological polar surface area (TPSA) is 84.9 Å². The summed E-state index contributed by atoms with van der Waals surface area (Å²) in [5.74, 6) is -0.856. The van der Waals surface area contributed by atoms with Crippen molar-refractivity contribution in [1.82, 2.24) is 0 Å². The van der Waals surface area contributed by atoms with Gasteiger partial charge in [0, 0.05) is 0 Å². The molecule has 0 spiro atoms. The van der Waals surface area contributed by atoms with Crippen LogP contribution in [0.5, 0.6) is 11.5 Å². The number of ether oxygens (including phenoxy) is 2. The SMILES string of the molecule is COC(=O)c1cccc(NC(=O)COc2cccc(C)c2C)c1O. The summed E-state index contributed by atoms with van der Waals surface area (Å²) >= 11 is 0. The molecule has 6 nitrogen and oxygen atoms in total. The summed E-state index contributed by atoms with van der Waals surface area (Å²) in [6.07, 6.45) is 0. The van der Waals surface area contributed by atoms with E-state index < -0.39 is 11.9 Å². The molecule has 2 aromatic rings. The molecule has 0 heterocycles. The molecule has 0 radical (unpaired) electrons. The standard InChI is InChI=1S/C18H19NO5/c1-11-6-4-9-15(12(11)2)24-10-16(20)19-14-8-5-7-13(17(14)21)18(22)23-3/h4-9,21H,10H2,1-3H3,(H,19,20). The minimum Gasteiger partial charge on any atom is -0.505 e. The highest BCUT2D eigenvalue weighted by Crippen LogP contribution is 2.28. The average molecular weight is 329 g/mol. The fraction of sp³-hybridized carbons (Fsp3) is 0.222. The van der Waals surface area contributed by atoms with Gasteiger partial charge in [0.05, 0.1) is 12.8 Å². The number of hydrogen-bond donors (Lipinski definition) is 2. The third-order valence-electron chi connectivity index (χ3n) is 3.63. The summed E-state index contributed by atoms with van der Waals surface area (Å²) in [6, 6.07) is 10.0. The number of para-hydroxylation sites is 1. The molecule has 2 N–H and O–H groups in total. The van der Waals surface area contributed by atoms with Crippen LogP contribution in [0.15, 0.2) is 36.4 Å². The van der Waals surface area contributed by atoms with Crippen LogP contribution in [0.1, 0.15) is 21.5 Å². The van der Waals surface area contributed by atoms with Gasteiger partial charge in [-0.05, 0) is 43.2 Å². The third-order valence-corrected chi connectivity index (χ3v) is 3.63. The molecule has 0 atom stereocenters. The highest BCUT2D eigenvalue weighted by Gasteiger charge is 2.16. The van der Waals surface area contributed by atoms with E-state index in [2.05, 4.69) is 10.1 Å². The predicted octanol–water partition coefficient (Wildman–Crippen LogP) is 2.81. The number of methoxy groups -OCH3 is 1. The second-order valence-corrected chi connectivity index (χ2v) is 5.23. The fourth-order valence-electron chi connectivity index (χ4n) is 2.13. The lowest BCUT2D eigenvalue weighted by atomic mass is 10.1. The van der Waals surface area contributed by atoms with Crippen LogP contribution >= 0.6 is 0 Å². The normalized spacial score (nSPS) is 10.1. The summed E-state index contributed by atoms with van der Waals surface area (Å²) < 4.78 is 10.1. The molecule has 0 aliphatic rings. The molecule has 2 aromatic carbocycles. The van der Waals surface area contributed by atoms with Gasteiger partial charge < -0.3 is 19.9 Å². The van der Waals surface area contributed by atoms with E-state index in [4.69, 9.17) is 4.74 Å². The number of aryl methyl sites for hydroxylation is 1. The van der Waals surface area contributed by atoms with E-state index in [-0.39, 0.29) is 23.6 Å². The Kier molecular flexibility index (Phi) is 5.42. The number of phenols is 1. The highest BCUT2D eigenvalue weighted by atomic mass is 16.5. The van der Waals surface area contributed by atoms with Crippen LogP contribution in [0, 0.1) is 13.8 Å². The first-order valence-electron chi connectivity index (χ1n) is 7.33. The molecule has 0 aliphatic heterocycles. The smallest absolute Gasteiger partial charge is 0.341 e. The van der Waals surface area contributed by atoms with Gasteiger partial charge in [0.25, 0.3) is 5.91 Å². The van der Waals surface area contributed by atoms with Gasteiger partial charge >= 0.3 is 5.97 Å². The second kappa shape index (κ2) is 7.50. The molecule has 126 valence electrons. The number of benzene rings is 2. The third kappa shape index (κ3) is 3.84. The molecule has 0 unspecified atom stereocenters. The van der Waals surface area contributed by atoms with Crippen molar-refractivity contribution in [3.63, 3.8) is 0 Å². The highest BCUT2D eigenvalue weighted by molar-refractivity contribution is 5.98. The van der Waals surface area contributed by atoms with Crippen LogP contribution in [0.2, 0.25) is 0 Å². The molecule has 0 saturated carbocycles. The minimum atomic E-state index is -0.685. The number of esters is 1. The van der Waals surface area contributed by atoms with Crippen molar-refractivity contribution in [1.29, 1.82) is 0 Å². The Morgan fingerprint density at radius 1 is 1.12 bits per heavy atom. The average Bonchev–Trinajstić information content (AvgIpc) is 2.57. The van der Waals surface area contributed by atoms with Gasteiger partial charge in [0.15, 0.2) is 12.4 Å². The molecule has 24 heavy (non-hydrogen) atoms. The minimum absolute atomic E-state index is 0.0225. The number of phenolic OH excluding ortho intramolecular Hbond substituents is 1. The molecular formula is C18H19NO5. The molecule has 1 amide bonds. The maximum absolute atomic E-state index is 12.0. The second-order valence-electron chi connectivity index (χ2n) is 5.23. The zero-order valence-electron chi connectivity index (χ0n) is 13.8. The first-order chi connectivity index (χ1) is 11.4. The molecular weight excluding hydrogens is 310 g/mol. The first kappa shape index (κ1) is 17.3. The predicted molar refractivity (Wildman–Crippen MR) is 89.5 cm³/mol. The zero-order valence-corrected chi connectivity index (χ0v) is 13.8. The molecule has 0 aromatic heterocycles. The van der Waals surface area contributed by atoms with Gasteiger partial charge in [0.1, 0.15) is 11.3 Å². The Morgan fingerprint density at radius 2 is 1.83 bits per heavy atom. The van der Waals surface area contributed by atoms with Crippen LogP contribution < -0.4 is 10.1 Å². The Morgan fingerprint density at radius 3 is 2.54 bits per heavy atom. The number of carbonyl (C=O) groups excluding carboxylic acids is 2. The number of amides is 1. The molecule has 6 heteroatoms. The van der Waals surface area contributed by atoms with E-state index in [0.717, 1.165) is 11.1 Å². The van der Waals surface area contributed by atoms with Crippen molar-refractivity contribution in [3.05, 3.63) is 53.1 Å². The number of aromatic hydroxyl groups is 1. The Bertz CT molecular complexity index is 770. The van der Waals surface area contributed by atoms with Gasteiger partial charge in [-0.2, -0.15) is 0 Å². The largest absolute Gasteiger partial charge is 0.505 e. The lowest BCUT2D eigenvalue weighted by molar-refractivity contribution is -0.118. The van der Waals surface area contributed by atoms with Crippen molar-refractivity contribution < 1.29 is 24.2 Å². The Balaban J connectivity index is 2.05. The van der Waals surface area contributed by atoms with E-state index in [1.165, 1.54) is 25.3 Å². The molecule has 2 rings (SSSR count). The van der Waals surface area contributed by atoms with Gasteiger partial charge in [-0.3, -0.25) is 4.79 Å². The number of rotatable bonds is 5. The monoisotopic (exact) mass is 329 g/mol. The van der Waals surface area contributed by atoms with Crippen molar-refractivity contribution in [2.45, 2.75) is 13.8 Å². The lowest BCUT2D eigenvalue weighted by Crippen LogP contribution is -2.20. The Labute approximate surface area is 140 Å². The summed E-state index contributed by atoms with van der Waals surface area (Å²) in [7, 11) is 1.21. The maximum atomic E-state index is 12.0. The van der Waals surface area contributed by atoms with Gasteiger partial charge in [-0.1, -0.05) is 18.2 Å². The van der Waals surface area contributed by atoms with Crippen LogP contribution in [-0.2, 0) is 9.53 Å². The Hall–Kier alpha value is -3.02. The van der Waals surface area contributed by atoms with Gasteiger partial charge in [-0.15, -0.1) is 0 Å². The van der Waals surface area contributed by atoms with E-state index >= 15 is 0 Å². The van der Waals surface area contributed by atoms with Crippen molar-refractivity contribution in [3.8, 4) is 11.5 Å². The van der Waals surface area contributed by atoms with E-state index in [1.54, 1.807) is 6.07 Å². The summed E-state index contributed by atoms with van der Waals surface area (Å²) in [6.45, 7) is 3.65. The number of anilines is 1. The number of hydrogen-bond acceptors (Lipinski definition) is 5. The number of carbonyl (C=O) groups is 2. The van der Waals surface area contributed by atoms with Crippen molar-refractivity contribution in [2.75, 3.05) is 19.0 Å². The van der Waals surface area contributed by atoms with Crippen molar-refractivity contribution >= 4 is 17.6 Å². The molecule has 0 bridgehead atoms. The lowest BCUT2D eigenvalue weighted by Gasteiger charge is -2.12. The maximum Gasteiger partial charge on any atom is 0.341 e. The summed E-state index contributed by atoms with van der Waals surface area (Å²) in [4.78, 5) is 23.6. The van der Waals surface area contributed by atoms with Crippen LogP contribution in [0.25, 0.3) is 0 Å². The summed E-state index contributed by atoms with van der Waals surface area (Å²) in [5, 5.41) is 12.6. The van der Waals surface area contributed by atoms with Crippen LogP contribution in [0.4, 0.5) is 5.69 Å². The fourth-order valence-corrected chi connectivity index (χ4v) is 2.13. The van der Waals surface area contributed by atoms with Crippen LogP contribution in [-0.4, -0.2) is 30.7 Å². The van der Waals surface area contributed by atoms with E-state index in [9.17, 15) is 14.7 Å². The van der Waals surface area contributed by atoms with Gasteiger partial charge in [-0.25, -0.2) is 4.79 Å². The van der Waals surface area contributed by atoms with E-state index in [1.807, 2.05) is 26.0 Å². The quantitative estimate of drug-likeness (QED) is 0.651. The first-order valence-corrected chi connectivity index (χ1v) is 7.33. The molecule has 0 fully saturated rings. The van der Waals surface area contributed by atoms with Crippen LogP contribution in [0.3, 0.4) is 0 Å². The van der Waals surface area contributed by atoms with Crippen molar-refractivity contribution in [2.24, 2.45) is 0 Å². The zero-order chi connectivity index (χ0) is 17.7. The van der Waals surface area contributed by atoms with E-state index in [0.29, 0.717) is 5.75 Å². The summed E-state index contributed by atoms with van der Waals surface area (Å²) in [5.41, 5.74) is 2.12.